The Morgan fingerprint density at radius 3 is 1.56 bits per heavy atom. The van der Waals surface area contributed by atoms with Gasteiger partial charge in [0.1, 0.15) is 0 Å². The van der Waals surface area contributed by atoms with Crippen molar-refractivity contribution in [2.75, 3.05) is 6.61 Å². The molecule has 0 bridgehead atoms. The molecule has 0 spiro atoms. The van der Waals surface area contributed by atoms with Gasteiger partial charge in [0.05, 0.1) is 8.07 Å². The number of rotatable bonds is 5. The summed E-state index contributed by atoms with van der Waals surface area (Å²) in [6.45, 7) is 24.8. The topological polar surface area (TPSA) is 9.23 Å². The minimum absolute atomic E-state index is 0.337. The zero-order valence-corrected chi connectivity index (χ0v) is 16.5. The Hall–Kier alpha value is 0.394. The first-order valence-electron chi connectivity index (χ1n) is 7.35. The average molecular weight is 289 g/mol. The molecule has 1 nitrogen and oxygen atoms in total. The molecule has 0 unspecified atom stereocenters. The molecule has 0 atom stereocenters. The van der Waals surface area contributed by atoms with Crippen LogP contribution in [0.5, 0.6) is 0 Å². The quantitative estimate of drug-likeness (QED) is 0.451. The second kappa shape index (κ2) is 5.80. The first-order chi connectivity index (χ1) is 7.71. The molecule has 0 radical (unpaired) electrons. The van der Waals surface area contributed by atoms with Crippen LogP contribution in [0.1, 0.15) is 48.0 Å². The largest absolute Gasteiger partial charge is 0.417 e. The molecule has 110 valence electrons. The monoisotopic (exact) mass is 288 g/mol. The lowest BCUT2D eigenvalue weighted by atomic mass is 10.2. The minimum Gasteiger partial charge on any atom is -0.417 e. The number of hydrogen-bond donors (Lipinski definition) is 0. The second-order valence-electron chi connectivity index (χ2n) is 8.85. The van der Waals surface area contributed by atoms with Crippen LogP contribution in [0.2, 0.25) is 42.3 Å². The SMILES string of the molecule is CC(C)(C)[Si](C)(C)CCCO[Si](C)(C)C(C)(C)C. The predicted molar refractivity (Wildman–Crippen MR) is 89.8 cm³/mol. The molecular weight excluding hydrogens is 252 g/mol. The van der Waals surface area contributed by atoms with Crippen molar-refractivity contribution in [3.63, 3.8) is 0 Å². The van der Waals surface area contributed by atoms with Gasteiger partial charge in [0.2, 0.25) is 0 Å². The molecule has 0 rings (SSSR count). The fraction of sp³-hybridized carbons (Fsp3) is 1.00. The molecule has 0 fully saturated rings. The van der Waals surface area contributed by atoms with E-state index >= 15 is 0 Å². The fourth-order valence-corrected chi connectivity index (χ4v) is 4.30. The highest BCUT2D eigenvalue weighted by molar-refractivity contribution is 6.80. The highest BCUT2D eigenvalue weighted by atomic mass is 28.4. The lowest BCUT2D eigenvalue weighted by Gasteiger charge is -2.38. The highest BCUT2D eigenvalue weighted by Crippen LogP contribution is 2.40. The lowest BCUT2D eigenvalue weighted by molar-refractivity contribution is 0.287. The van der Waals surface area contributed by atoms with Crippen LogP contribution in [0.25, 0.3) is 0 Å². The standard InChI is InChI=1S/C15H36OSi2/c1-14(2,3)17(7,8)13-11-12-16-18(9,10)15(4,5)6/h11-13H2,1-10H3. The van der Waals surface area contributed by atoms with Crippen LogP contribution in [-0.4, -0.2) is 23.0 Å². The van der Waals surface area contributed by atoms with Crippen LogP contribution in [-0.2, 0) is 4.43 Å². The molecule has 0 N–H and O–H groups in total. The third-order valence-electron chi connectivity index (χ3n) is 5.25. The Balaban J connectivity index is 4.17. The summed E-state index contributed by atoms with van der Waals surface area (Å²) < 4.78 is 6.26. The van der Waals surface area contributed by atoms with Crippen molar-refractivity contribution in [2.24, 2.45) is 0 Å². The zero-order valence-electron chi connectivity index (χ0n) is 14.5. The molecule has 0 saturated carbocycles. The van der Waals surface area contributed by atoms with Crippen LogP contribution in [0.3, 0.4) is 0 Å². The first-order valence-corrected chi connectivity index (χ1v) is 13.5. The normalized spacial score (nSPS) is 15.0. The van der Waals surface area contributed by atoms with Crippen LogP contribution in [0, 0.1) is 0 Å². The van der Waals surface area contributed by atoms with Gasteiger partial charge < -0.3 is 4.43 Å². The maximum Gasteiger partial charge on any atom is 0.191 e. The summed E-state index contributed by atoms with van der Waals surface area (Å²) in [6.07, 6.45) is 1.24. The van der Waals surface area contributed by atoms with Gasteiger partial charge in [-0.2, -0.15) is 0 Å². The molecule has 0 aromatic rings. The van der Waals surface area contributed by atoms with Gasteiger partial charge in [-0.15, -0.1) is 0 Å². The van der Waals surface area contributed by atoms with Gasteiger partial charge in [0, 0.05) is 6.61 Å². The van der Waals surface area contributed by atoms with Gasteiger partial charge in [0.25, 0.3) is 0 Å². The molecule has 0 aliphatic heterocycles. The molecule has 0 aromatic carbocycles. The van der Waals surface area contributed by atoms with Crippen molar-refractivity contribution >= 4 is 16.4 Å². The van der Waals surface area contributed by atoms with Crippen molar-refractivity contribution in [3.8, 4) is 0 Å². The Morgan fingerprint density at radius 2 is 1.22 bits per heavy atom. The predicted octanol–water partition coefficient (Wildman–Crippen LogP) is 5.91. The van der Waals surface area contributed by atoms with Crippen LogP contribution in [0.15, 0.2) is 0 Å². The molecule has 3 heteroatoms. The Bertz CT molecular complexity index is 229. The van der Waals surface area contributed by atoms with E-state index in [9.17, 15) is 0 Å². The van der Waals surface area contributed by atoms with E-state index in [4.69, 9.17) is 4.43 Å². The van der Waals surface area contributed by atoms with Gasteiger partial charge in [-0.3, -0.25) is 0 Å². The molecule has 18 heavy (non-hydrogen) atoms. The molecule has 0 heterocycles. The van der Waals surface area contributed by atoms with Gasteiger partial charge in [-0.1, -0.05) is 60.7 Å². The maximum atomic E-state index is 6.26. The van der Waals surface area contributed by atoms with Crippen molar-refractivity contribution in [2.45, 2.75) is 90.3 Å². The average Bonchev–Trinajstić information content (AvgIpc) is 2.08. The summed E-state index contributed by atoms with van der Waals surface area (Å²) in [5, 5.41) is 0.841. The summed E-state index contributed by atoms with van der Waals surface area (Å²) in [6, 6.07) is 1.38. The zero-order chi connectivity index (χ0) is 14.8. The summed E-state index contributed by atoms with van der Waals surface area (Å²) >= 11 is 0. The molecular formula is C15H36OSi2. The van der Waals surface area contributed by atoms with Gasteiger partial charge in [0.15, 0.2) is 8.32 Å². The molecule has 0 amide bonds. The lowest BCUT2D eigenvalue weighted by Crippen LogP contribution is -2.41. The molecule has 0 aliphatic carbocycles. The summed E-state index contributed by atoms with van der Waals surface area (Å²) in [5.41, 5.74) is 0. The first kappa shape index (κ1) is 18.4. The van der Waals surface area contributed by atoms with Crippen LogP contribution < -0.4 is 0 Å². The maximum absolute atomic E-state index is 6.26. The van der Waals surface area contributed by atoms with Crippen molar-refractivity contribution < 1.29 is 4.43 Å². The van der Waals surface area contributed by atoms with E-state index in [1.165, 1.54) is 12.5 Å². The van der Waals surface area contributed by atoms with E-state index in [2.05, 4.69) is 67.7 Å². The third kappa shape index (κ3) is 5.18. The number of hydrogen-bond acceptors (Lipinski definition) is 1. The second-order valence-corrected chi connectivity index (χ2v) is 19.4. The summed E-state index contributed by atoms with van der Waals surface area (Å²) in [7, 11) is -2.64. The van der Waals surface area contributed by atoms with Gasteiger partial charge in [-0.25, -0.2) is 0 Å². The van der Waals surface area contributed by atoms with Crippen molar-refractivity contribution in [1.82, 2.24) is 0 Å². The molecule has 0 saturated heterocycles. The smallest absolute Gasteiger partial charge is 0.191 e. The van der Waals surface area contributed by atoms with Gasteiger partial charge in [-0.05, 0) is 29.6 Å². The summed E-state index contributed by atoms with van der Waals surface area (Å²) in [4.78, 5) is 0. The van der Waals surface area contributed by atoms with Crippen LogP contribution in [0.4, 0.5) is 0 Å². The van der Waals surface area contributed by atoms with E-state index in [0.29, 0.717) is 10.1 Å². The fourth-order valence-electron chi connectivity index (χ4n) is 1.43. The third-order valence-corrected chi connectivity index (χ3v) is 15.4. The van der Waals surface area contributed by atoms with Crippen molar-refractivity contribution in [1.29, 1.82) is 0 Å². The Morgan fingerprint density at radius 1 is 0.778 bits per heavy atom. The van der Waals surface area contributed by atoms with E-state index in [-0.39, 0.29) is 0 Å². The Labute approximate surface area is 118 Å². The van der Waals surface area contributed by atoms with E-state index in [1.807, 2.05) is 0 Å². The van der Waals surface area contributed by atoms with E-state index < -0.39 is 16.4 Å². The van der Waals surface area contributed by atoms with E-state index in [0.717, 1.165) is 6.61 Å². The van der Waals surface area contributed by atoms with Crippen LogP contribution >= 0.6 is 0 Å². The molecule has 0 aliphatic rings. The Kier molecular flexibility index (Phi) is 5.93. The minimum atomic E-state index is -1.53. The highest BCUT2D eigenvalue weighted by Gasteiger charge is 2.38. The van der Waals surface area contributed by atoms with Gasteiger partial charge >= 0.3 is 0 Å². The summed E-state index contributed by atoms with van der Waals surface area (Å²) in [5.74, 6) is 0. The molecule has 0 aromatic heterocycles. The van der Waals surface area contributed by atoms with E-state index in [1.54, 1.807) is 0 Å². The van der Waals surface area contributed by atoms with Crippen molar-refractivity contribution in [3.05, 3.63) is 0 Å².